The number of aromatic nitrogens is 4. The Morgan fingerprint density at radius 1 is 1.24 bits per heavy atom. The molecule has 5 heteroatoms. The summed E-state index contributed by atoms with van der Waals surface area (Å²) in [4.78, 5) is 0. The minimum atomic E-state index is 0.377. The molecule has 1 aromatic carbocycles. The van der Waals surface area contributed by atoms with Gasteiger partial charge in [0.15, 0.2) is 5.82 Å². The number of anilines is 1. The monoisotopic (exact) mass is 285 g/mol. The van der Waals surface area contributed by atoms with Crippen molar-refractivity contribution in [3.63, 3.8) is 0 Å². The van der Waals surface area contributed by atoms with Crippen molar-refractivity contribution >= 4 is 5.69 Å². The number of tetrazole rings is 1. The Balaban J connectivity index is 1.95. The molecule has 1 heterocycles. The van der Waals surface area contributed by atoms with Crippen LogP contribution in [0.15, 0.2) is 18.2 Å². The van der Waals surface area contributed by atoms with E-state index in [1.165, 1.54) is 12.8 Å². The van der Waals surface area contributed by atoms with Crippen LogP contribution in [-0.2, 0) is 0 Å². The van der Waals surface area contributed by atoms with Gasteiger partial charge in [0.1, 0.15) is 0 Å². The second kappa shape index (κ2) is 5.13. The Kier molecular flexibility index (Phi) is 3.43. The molecule has 1 aliphatic rings. The molecule has 21 heavy (non-hydrogen) atoms. The molecule has 0 unspecified atom stereocenters. The van der Waals surface area contributed by atoms with E-state index in [1.54, 1.807) is 0 Å². The predicted octanol–water partition coefficient (Wildman–Crippen LogP) is 3.37. The lowest BCUT2D eigenvalue weighted by Crippen LogP contribution is -2.24. The predicted molar refractivity (Wildman–Crippen MR) is 83.7 cm³/mol. The third-order valence-corrected chi connectivity index (χ3v) is 4.68. The molecule has 112 valence electrons. The molecule has 0 spiro atoms. The Hall–Kier alpha value is -1.91. The summed E-state index contributed by atoms with van der Waals surface area (Å²) in [5.41, 5.74) is 9.40. The van der Waals surface area contributed by atoms with Crippen LogP contribution in [0.3, 0.4) is 0 Å². The van der Waals surface area contributed by atoms with E-state index >= 15 is 0 Å². The maximum absolute atomic E-state index is 6.15. The summed E-state index contributed by atoms with van der Waals surface area (Å²) in [5, 5.41) is 12.4. The molecule has 0 radical (unpaired) electrons. The average molecular weight is 285 g/mol. The highest BCUT2D eigenvalue weighted by atomic mass is 15.5. The minimum Gasteiger partial charge on any atom is -0.398 e. The molecule has 0 bridgehead atoms. The summed E-state index contributed by atoms with van der Waals surface area (Å²) in [5.74, 6) is 0.801. The second-order valence-electron chi connectivity index (χ2n) is 6.88. The highest BCUT2D eigenvalue weighted by Crippen LogP contribution is 2.41. The van der Waals surface area contributed by atoms with Crippen molar-refractivity contribution < 1.29 is 0 Å². The van der Waals surface area contributed by atoms with Gasteiger partial charge < -0.3 is 5.73 Å². The second-order valence-corrected chi connectivity index (χ2v) is 6.88. The Morgan fingerprint density at radius 3 is 2.62 bits per heavy atom. The number of nitrogens with two attached hydrogens (primary N) is 1. The molecule has 1 saturated carbocycles. The fourth-order valence-electron chi connectivity index (χ4n) is 3.23. The van der Waals surface area contributed by atoms with Gasteiger partial charge in [-0.2, -0.15) is 0 Å². The Labute approximate surface area is 125 Å². The van der Waals surface area contributed by atoms with E-state index in [1.807, 2.05) is 16.8 Å². The first-order chi connectivity index (χ1) is 9.98. The van der Waals surface area contributed by atoms with Crippen LogP contribution in [0.5, 0.6) is 0 Å². The summed E-state index contributed by atoms with van der Waals surface area (Å²) in [6, 6.07) is 6.30. The number of hydrogen-bond acceptors (Lipinski definition) is 4. The molecular formula is C16H23N5. The van der Waals surface area contributed by atoms with Crippen LogP contribution in [0, 0.1) is 12.3 Å². The molecule has 3 rings (SSSR count). The van der Waals surface area contributed by atoms with Gasteiger partial charge in [0.2, 0.25) is 0 Å². The molecule has 1 fully saturated rings. The summed E-state index contributed by atoms with van der Waals surface area (Å²) in [7, 11) is 0. The number of nitrogen functional groups attached to an aromatic ring is 1. The van der Waals surface area contributed by atoms with Crippen molar-refractivity contribution in [3.05, 3.63) is 23.8 Å². The lowest BCUT2D eigenvalue weighted by Gasteiger charge is -2.34. The van der Waals surface area contributed by atoms with E-state index in [4.69, 9.17) is 5.73 Å². The van der Waals surface area contributed by atoms with Gasteiger partial charge >= 0.3 is 0 Å². The molecule has 1 aliphatic carbocycles. The van der Waals surface area contributed by atoms with E-state index in [-0.39, 0.29) is 0 Å². The first-order valence-electron chi connectivity index (χ1n) is 7.61. The van der Waals surface area contributed by atoms with E-state index in [0.717, 1.165) is 35.5 Å². The van der Waals surface area contributed by atoms with Crippen molar-refractivity contribution in [1.29, 1.82) is 0 Å². The van der Waals surface area contributed by atoms with E-state index in [0.29, 0.717) is 11.5 Å². The van der Waals surface area contributed by atoms with Crippen LogP contribution in [0.2, 0.25) is 0 Å². The van der Waals surface area contributed by atoms with Crippen molar-refractivity contribution in [1.82, 2.24) is 20.2 Å². The van der Waals surface area contributed by atoms with Crippen LogP contribution in [0.1, 0.15) is 51.1 Å². The molecule has 2 N–H and O–H groups in total. The van der Waals surface area contributed by atoms with E-state index in [9.17, 15) is 0 Å². The van der Waals surface area contributed by atoms with Crippen molar-refractivity contribution in [2.24, 2.45) is 5.41 Å². The normalized spacial score (nSPS) is 18.8. The van der Waals surface area contributed by atoms with Crippen molar-refractivity contribution in [2.45, 2.75) is 52.5 Å². The highest BCUT2D eigenvalue weighted by Gasteiger charge is 2.30. The van der Waals surface area contributed by atoms with Crippen LogP contribution < -0.4 is 5.73 Å². The maximum Gasteiger partial charge on any atom is 0.184 e. The summed E-state index contributed by atoms with van der Waals surface area (Å²) < 4.78 is 1.98. The third kappa shape index (κ3) is 2.64. The van der Waals surface area contributed by atoms with Gasteiger partial charge in [-0.05, 0) is 60.1 Å². The smallest absolute Gasteiger partial charge is 0.184 e. The lowest BCUT2D eigenvalue weighted by molar-refractivity contribution is 0.185. The molecule has 2 aromatic rings. The van der Waals surface area contributed by atoms with Gasteiger partial charge in [-0.3, -0.25) is 0 Å². The summed E-state index contributed by atoms with van der Waals surface area (Å²) >= 11 is 0. The number of aryl methyl sites for hydroxylation is 1. The molecule has 0 amide bonds. The SMILES string of the molecule is Cc1cccc(N)c1-c1nnnn1C1CCC(C)(C)CC1. The van der Waals surface area contributed by atoms with Gasteiger partial charge in [-0.1, -0.05) is 26.0 Å². The van der Waals surface area contributed by atoms with Crippen LogP contribution in [0.4, 0.5) is 5.69 Å². The third-order valence-electron chi connectivity index (χ3n) is 4.68. The van der Waals surface area contributed by atoms with Crippen LogP contribution >= 0.6 is 0 Å². The van der Waals surface area contributed by atoms with Gasteiger partial charge in [-0.25, -0.2) is 4.68 Å². The zero-order valence-corrected chi connectivity index (χ0v) is 13.0. The minimum absolute atomic E-state index is 0.377. The fraction of sp³-hybridized carbons (Fsp3) is 0.562. The number of benzene rings is 1. The quantitative estimate of drug-likeness (QED) is 0.859. The molecule has 5 nitrogen and oxygen atoms in total. The lowest BCUT2D eigenvalue weighted by atomic mass is 9.75. The zero-order valence-electron chi connectivity index (χ0n) is 13.0. The fourth-order valence-corrected chi connectivity index (χ4v) is 3.23. The van der Waals surface area contributed by atoms with Gasteiger partial charge in [-0.15, -0.1) is 5.10 Å². The van der Waals surface area contributed by atoms with Crippen LogP contribution in [0.25, 0.3) is 11.4 Å². The largest absolute Gasteiger partial charge is 0.398 e. The first kappa shape index (κ1) is 14.0. The summed E-state index contributed by atoms with van der Waals surface area (Å²) in [6.07, 6.45) is 4.66. The number of rotatable bonds is 2. The first-order valence-corrected chi connectivity index (χ1v) is 7.61. The highest BCUT2D eigenvalue weighted by molar-refractivity contribution is 5.74. The van der Waals surface area contributed by atoms with Gasteiger partial charge in [0.05, 0.1) is 6.04 Å². The molecule has 1 aromatic heterocycles. The van der Waals surface area contributed by atoms with Gasteiger partial charge in [0.25, 0.3) is 0 Å². The molecule has 0 saturated heterocycles. The number of nitrogens with zero attached hydrogens (tertiary/aromatic N) is 4. The summed E-state index contributed by atoms with van der Waals surface area (Å²) in [6.45, 7) is 6.72. The topological polar surface area (TPSA) is 69.6 Å². The molecule has 0 aliphatic heterocycles. The van der Waals surface area contributed by atoms with Crippen LogP contribution in [-0.4, -0.2) is 20.2 Å². The van der Waals surface area contributed by atoms with Gasteiger partial charge in [0, 0.05) is 11.3 Å². The van der Waals surface area contributed by atoms with Crippen molar-refractivity contribution in [3.8, 4) is 11.4 Å². The van der Waals surface area contributed by atoms with E-state index < -0.39 is 0 Å². The van der Waals surface area contributed by atoms with Crippen molar-refractivity contribution in [2.75, 3.05) is 5.73 Å². The Morgan fingerprint density at radius 2 is 1.95 bits per heavy atom. The Bertz CT molecular complexity index is 614. The van der Waals surface area contributed by atoms with E-state index in [2.05, 4.69) is 42.4 Å². The standard InChI is InChI=1S/C16H23N5/c1-11-5-4-6-13(17)14(11)15-18-19-20-21(15)12-7-9-16(2,3)10-8-12/h4-6,12H,7-10,17H2,1-3H3. The number of hydrogen-bond donors (Lipinski definition) is 1. The maximum atomic E-state index is 6.15. The average Bonchev–Trinajstić information content (AvgIpc) is 2.88. The molecular weight excluding hydrogens is 262 g/mol. The zero-order chi connectivity index (χ0) is 15.0. The molecule has 0 atom stereocenters.